The monoisotopic (exact) mass is 439 g/mol. The number of nitrogens with zero attached hydrogens (tertiary/aromatic N) is 2. The maximum absolute atomic E-state index is 14.4. The van der Waals surface area contributed by atoms with Crippen LogP contribution < -0.4 is 16.4 Å². The normalized spacial score (nSPS) is 10.6. The van der Waals surface area contributed by atoms with E-state index in [0.717, 1.165) is 10.4 Å². The fourth-order valence-corrected chi connectivity index (χ4v) is 3.79. The fraction of sp³-hybridized carbons (Fsp3) is 0. The summed E-state index contributed by atoms with van der Waals surface area (Å²) < 4.78 is 14.4. The topological polar surface area (TPSA) is 92.9 Å². The van der Waals surface area contributed by atoms with Crippen LogP contribution in [0.2, 0.25) is 5.02 Å². The number of carbonyl (C=O) groups is 1. The molecule has 0 spiro atoms. The van der Waals surface area contributed by atoms with E-state index in [4.69, 9.17) is 17.3 Å². The quantitative estimate of drug-likeness (QED) is 0.369. The van der Waals surface area contributed by atoms with Crippen LogP contribution in [0.1, 0.15) is 0 Å². The summed E-state index contributed by atoms with van der Waals surface area (Å²) in [5.74, 6) is -0.562. The molecule has 0 saturated heterocycles. The molecule has 0 radical (unpaired) electrons. The Morgan fingerprint density at radius 3 is 2.47 bits per heavy atom. The van der Waals surface area contributed by atoms with Crippen LogP contribution in [0.4, 0.5) is 25.7 Å². The first-order valence-corrected chi connectivity index (χ1v) is 9.99. The van der Waals surface area contributed by atoms with Gasteiger partial charge in [0.15, 0.2) is 5.13 Å². The number of thiazole rings is 1. The number of aromatic nitrogens is 2. The average molecular weight is 440 g/mol. The van der Waals surface area contributed by atoms with E-state index in [2.05, 4.69) is 20.6 Å². The van der Waals surface area contributed by atoms with Gasteiger partial charge < -0.3 is 16.4 Å². The molecule has 2 aromatic heterocycles. The van der Waals surface area contributed by atoms with Crippen molar-refractivity contribution in [3.8, 4) is 21.7 Å². The van der Waals surface area contributed by atoms with Crippen LogP contribution in [-0.2, 0) is 0 Å². The number of amides is 2. The van der Waals surface area contributed by atoms with Gasteiger partial charge in [-0.1, -0.05) is 29.0 Å². The van der Waals surface area contributed by atoms with E-state index in [1.165, 1.54) is 17.4 Å². The number of benzene rings is 2. The van der Waals surface area contributed by atoms with Crippen molar-refractivity contribution in [1.82, 2.24) is 9.97 Å². The van der Waals surface area contributed by atoms with Crippen LogP contribution in [0.25, 0.3) is 21.7 Å². The van der Waals surface area contributed by atoms with Crippen molar-refractivity contribution in [2.75, 3.05) is 16.4 Å². The SMILES string of the molecule is Nc1nc(-c2ccncc2)c(-c2ccc(F)c(NC(=O)Nc3ccc(Cl)cc3)c2)s1. The molecule has 150 valence electrons. The number of pyridine rings is 1. The summed E-state index contributed by atoms with van der Waals surface area (Å²) in [6.45, 7) is 0. The van der Waals surface area contributed by atoms with Gasteiger partial charge in [-0.15, -0.1) is 0 Å². The van der Waals surface area contributed by atoms with Crippen molar-refractivity contribution >= 4 is 45.5 Å². The van der Waals surface area contributed by atoms with Gasteiger partial charge in [-0.25, -0.2) is 14.2 Å². The number of carbonyl (C=O) groups excluding carboxylic acids is 1. The molecule has 4 N–H and O–H groups in total. The summed E-state index contributed by atoms with van der Waals surface area (Å²) in [6.07, 6.45) is 3.32. The van der Waals surface area contributed by atoms with Crippen molar-refractivity contribution in [3.63, 3.8) is 0 Å². The smallest absolute Gasteiger partial charge is 0.323 e. The molecule has 30 heavy (non-hydrogen) atoms. The van der Waals surface area contributed by atoms with Gasteiger partial charge in [-0.05, 0) is 54.1 Å². The zero-order valence-corrected chi connectivity index (χ0v) is 17.0. The highest BCUT2D eigenvalue weighted by atomic mass is 35.5. The maximum Gasteiger partial charge on any atom is 0.323 e. The first-order valence-electron chi connectivity index (χ1n) is 8.80. The molecule has 4 aromatic rings. The van der Waals surface area contributed by atoms with Gasteiger partial charge in [0, 0.05) is 28.7 Å². The van der Waals surface area contributed by atoms with Gasteiger partial charge in [-0.2, -0.15) is 0 Å². The molecule has 4 rings (SSSR count). The van der Waals surface area contributed by atoms with Gasteiger partial charge in [0.2, 0.25) is 0 Å². The molecule has 0 aliphatic heterocycles. The molecule has 0 atom stereocenters. The Labute approximate surface area is 180 Å². The molecule has 2 amide bonds. The second-order valence-corrected chi connectivity index (χ2v) is 7.71. The minimum Gasteiger partial charge on any atom is -0.375 e. The summed E-state index contributed by atoms with van der Waals surface area (Å²) in [6, 6.07) is 14.1. The van der Waals surface area contributed by atoms with Gasteiger partial charge in [-0.3, -0.25) is 4.98 Å². The Hall–Kier alpha value is -3.49. The van der Waals surface area contributed by atoms with Crippen LogP contribution in [0.15, 0.2) is 67.0 Å². The van der Waals surface area contributed by atoms with Crippen molar-refractivity contribution in [1.29, 1.82) is 0 Å². The van der Waals surface area contributed by atoms with E-state index in [1.807, 2.05) is 12.1 Å². The molecule has 0 saturated carbocycles. The molecular formula is C21H15ClFN5OS. The largest absolute Gasteiger partial charge is 0.375 e. The predicted molar refractivity (Wildman–Crippen MR) is 119 cm³/mol. The average Bonchev–Trinajstić information content (AvgIpc) is 3.14. The van der Waals surface area contributed by atoms with Crippen LogP contribution >= 0.6 is 22.9 Å². The second kappa shape index (κ2) is 8.48. The van der Waals surface area contributed by atoms with Gasteiger partial charge >= 0.3 is 6.03 Å². The molecule has 6 nitrogen and oxygen atoms in total. The summed E-state index contributed by atoms with van der Waals surface area (Å²) in [4.78, 5) is 21.5. The Balaban J connectivity index is 1.61. The highest BCUT2D eigenvalue weighted by molar-refractivity contribution is 7.19. The van der Waals surface area contributed by atoms with Crippen molar-refractivity contribution < 1.29 is 9.18 Å². The van der Waals surface area contributed by atoms with Gasteiger partial charge in [0.05, 0.1) is 16.3 Å². The van der Waals surface area contributed by atoms with Crippen LogP contribution in [0, 0.1) is 5.82 Å². The van der Waals surface area contributed by atoms with E-state index in [9.17, 15) is 9.18 Å². The summed E-state index contributed by atoms with van der Waals surface area (Å²) in [5, 5.41) is 6.10. The zero-order chi connectivity index (χ0) is 21.1. The lowest BCUT2D eigenvalue weighted by molar-refractivity contribution is 0.262. The number of hydrogen-bond acceptors (Lipinski definition) is 5. The first-order chi connectivity index (χ1) is 14.5. The third-order valence-corrected chi connectivity index (χ3v) is 5.36. The van der Waals surface area contributed by atoms with E-state index in [0.29, 0.717) is 27.1 Å². The molecule has 0 bridgehead atoms. The lowest BCUT2D eigenvalue weighted by atomic mass is 10.1. The Kier molecular flexibility index (Phi) is 5.60. The van der Waals surface area contributed by atoms with E-state index >= 15 is 0 Å². The maximum atomic E-state index is 14.4. The predicted octanol–water partition coefficient (Wildman–Crippen LogP) is 5.89. The first kappa shape index (κ1) is 19.8. The lowest BCUT2D eigenvalue weighted by Crippen LogP contribution is -2.20. The summed E-state index contributed by atoms with van der Waals surface area (Å²) in [5.41, 5.74) is 8.68. The standard InChI is InChI=1S/C21H15ClFN5OS/c22-14-2-4-15(5-3-14)26-21(29)27-17-11-13(1-6-16(17)23)19-18(28-20(24)30-19)12-7-9-25-10-8-12/h1-11H,(H2,24,28)(H2,26,27,29). The van der Waals surface area contributed by atoms with Crippen LogP contribution in [0.3, 0.4) is 0 Å². The lowest BCUT2D eigenvalue weighted by Gasteiger charge is -2.10. The van der Waals surface area contributed by atoms with Crippen LogP contribution in [-0.4, -0.2) is 16.0 Å². The number of anilines is 3. The van der Waals surface area contributed by atoms with Crippen LogP contribution in [0.5, 0.6) is 0 Å². The number of hydrogen-bond donors (Lipinski definition) is 3. The highest BCUT2D eigenvalue weighted by Gasteiger charge is 2.16. The minimum atomic E-state index is -0.577. The third kappa shape index (κ3) is 4.40. The fourth-order valence-electron chi connectivity index (χ4n) is 2.82. The molecule has 9 heteroatoms. The third-order valence-electron chi connectivity index (χ3n) is 4.18. The highest BCUT2D eigenvalue weighted by Crippen LogP contribution is 2.39. The molecular weight excluding hydrogens is 425 g/mol. The number of nitrogen functional groups attached to an aromatic ring is 1. The number of rotatable bonds is 4. The Morgan fingerprint density at radius 2 is 1.73 bits per heavy atom. The summed E-state index contributed by atoms with van der Waals surface area (Å²) >= 11 is 7.12. The molecule has 0 unspecified atom stereocenters. The van der Waals surface area contributed by atoms with Crippen molar-refractivity contribution in [2.24, 2.45) is 0 Å². The molecule has 0 aliphatic carbocycles. The van der Waals surface area contributed by atoms with Crippen molar-refractivity contribution in [3.05, 3.63) is 77.8 Å². The second-order valence-electron chi connectivity index (χ2n) is 6.25. The van der Waals surface area contributed by atoms with Gasteiger partial charge in [0.1, 0.15) is 5.82 Å². The molecule has 2 heterocycles. The molecule has 0 aliphatic rings. The Bertz CT molecular complexity index is 1200. The number of halogens is 2. The molecule has 0 fully saturated rings. The summed E-state index contributed by atoms with van der Waals surface area (Å²) in [7, 11) is 0. The van der Waals surface area contributed by atoms with Crippen molar-refractivity contribution in [2.45, 2.75) is 0 Å². The Morgan fingerprint density at radius 1 is 1.00 bits per heavy atom. The van der Waals surface area contributed by atoms with E-state index in [1.54, 1.807) is 48.8 Å². The van der Waals surface area contributed by atoms with Gasteiger partial charge in [0.25, 0.3) is 0 Å². The number of urea groups is 1. The van der Waals surface area contributed by atoms with E-state index < -0.39 is 11.8 Å². The molecule has 2 aromatic carbocycles. The zero-order valence-electron chi connectivity index (χ0n) is 15.4. The number of nitrogens with one attached hydrogen (secondary N) is 2. The van der Waals surface area contributed by atoms with E-state index in [-0.39, 0.29) is 5.69 Å². The number of nitrogens with two attached hydrogens (primary N) is 1. The minimum absolute atomic E-state index is 0.0339.